The fourth-order valence-corrected chi connectivity index (χ4v) is 3.56. The van der Waals surface area contributed by atoms with E-state index in [1.165, 1.54) is 12.3 Å². The molecular formula is C14H15ClN2O2S. The number of hydrogen-bond donors (Lipinski definition) is 1. The molecule has 1 aromatic heterocycles. The van der Waals surface area contributed by atoms with Crippen molar-refractivity contribution in [1.29, 1.82) is 0 Å². The summed E-state index contributed by atoms with van der Waals surface area (Å²) in [7, 11) is -3.74. The van der Waals surface area contributed by atoms with Crippen LogP contribution in [-0.4, -0.2) is 13.4 Å². The molecule has 0 radical (unpaired) electrons. The molecule has 20 heavy (non-hydrogen) atoms. The standard InChI is InChI=1S/C14H15ClN2O2S/c1-3-11-7-4-6-10(2)13(11)17-20(18,19)12-8-5-9-16-14(12)15/h4-9,17H,3H2,1-2H3. The first-order chi connectivity index (χ1) is 9.45. The molecule has 2 aromatic rings. The van der Waals surface area contributed by atoms with Crippen LogP contribution in [0.2, 0.25) is 5.15 Å². The first kappa shape index (κ1) is 14.8. The molecule has 1 heterocycles. The zero-order chi connectivity index (χ0) is 14.8. The lowest BCUT2D eigenvalue weighted by Crippen LogP contribution is -2.16. The van der Waals surface area contributed by atoms with Crippen LogP contribution in [0.1, 0.15) is 18.1 Å². The Balaban J connectivity index is 2.47. The summed E-state index contributed by atoms with van der Waals surface area (Å²) in [4.78, 5) is 3.78. The predicted octanol–water partition coefficient (Wildman–Crippen LogP) is 3.41. The first-order valence-corrected chi connectivity index (χ1v) is 8.03. The summed E-state index contributed by atoms with van der Waals surface area (Å²) in [5, 5.41) is -0.0355. The minimum atomic E-state index is -3.74. The molecule has 0 saturated heterocycles. The summed E-state index contributed by atoms with van der Waals surface area (Å²) in [6.45, 7) is 3.84. The molecule has 4 nitrogen and oxygen atoms in total. The summed E-state index contributed by atoms with van der Waals surface area (Å²) in [6.07, 6.45) is 2.19. The number of pyridine rings is 1. The molecule has 1 aromatic carbocycles. The van der Waals surface area contributed by atoms with Gasteiger partial charge in [-0.2, -0.15) is 0 Å². The van der Waals surface area contributed by atoms with E-state index in [4.69, 9.17) is 11.6 Å². The van der Waals surface area contributed by atoms with Crippen molar-refractivity contribution >= 4 is 27.3 Å². The Morgan fingerprint density at radius 2 is 2.00 bits per heavy atom. The average Bonchev–Trinajstić information content (AvgIpc) is 2.41. The Morgan fingerprint density at radius 3 is 2.65 bits per heavy atom. The Labute approximate surface area is 123 Å². The number of hydrogen-bond acceptors (Lipinski definition) is 3. The smallest absolute Gasteiger partial charge is 0.264 e. The van der Waals surface area contributed by atoms with Gasteiger partial charge in [0.05, 0.1) is 5.69 Å². The largest absolute Gasteiger partial charge is 0.279 e. The molecule has 1 N–H and O–H groups in total. The summed E-state index contributed by atoms with van der Waals surface area (Å²) >= 11 is 5.86. The van der Waals surface area contributed by atoms with Crippen molar-refractivity contribution < 1.29 is 8.42 Å². The molecular weight excluding hydrogens is 296 g/mol. The zero-order valence-electron chi connectivity index (χ0n) is 11.2. The highest BCUT2D eigenvalue weighted by Crippen LogP contribution is 2.26. The number of benzene rings is 1. The molecule has 0 aliphatic carbocycles. The molecule has 0 fully saturated rings. The maximum Gasteiger partial charge on any atom is 0.264 e. The Bertz CT molecular complexity index is 730. The van der Waals surface area contributed by atoms with Crippen molar-refractivity contribution in [1.82, 2.24) is 4.98 Å². The van der Waals surface area contributed by atoms with Crippen molar-refractivity contribution in [2.24, 2.45) is 0 Å². The average molecular weight is 311 g/mol. The zero-order valence-corrected chi connectivity index (χ0v) is 12.8. The van der Waals surface area contributed by atoms with Gasteiger partial charge in [-0.25, -0.2) is 13.4 Å². The Kier molecular flexibility index (Phi) is 4.30. The molecule has 0 unspecified atom stereocenters. The number of aromatic nitrogens is 1. The summed E-state index contributed by atoms with van der Waals surface area (Å²) < 4.78 is 27.4. The second-order valence-corrected chi connectivity index (χ2v) is 6.37. The fourth-order valence-electron chi connectivity index (χ4n) is 1.93. The van der Waals surface area contributed by atoms with E-state index in [-0.39, 0.29) is 10.0 Å². The normalized spacial score (nSPS) is 11.3. The number of rotatable bonds is 4. The van der Waals surface area contributed by atoms with Gasteiger partial charge in [0.25, 0.3) is 10.0 Å². The van der Waals surface area contributed by atoms with E-state index in [1.54, 1.807) is 6.07 Å². The third kappa shape index (κ3) is 2.94. The fraction of sp³-hybridized carbons (Fsp3) is 0.214. The lowest BCUT2D eigenvalue weighted by atomic mass is 10.1. The molecule has 0 saturated carbocycles. The molecule has 106 valence electrons. The van der Waals surface area contributed by atoms with Gasteiger partial charge in [0.2, 0.25) is 0 Å². The highest BCUT2D eigenvalue weighted by molar-refractivity contribution is 7.92. The molecule has 0 aliphatic heterocycles. The van der Waals surface area contributed by atoms with E-state index in [9.17, 15) is 8.42 Å². The van der Waals surface area contributed by atoms with Crippen molar-refractivity contribution in [2.45, 2.75) is 25.2 Å². The number of aryl methyl sites for hydroxylation is 2. The van der Waals surface area contributed by atoms with Crippen LogP contribution >= 0.6 is 11.6 Å². The van der Waals surface area contributed by atoms with Crippen LogP contribution in [0, 0.1) is 6.92 Å². The molecule has 0 atom stereocenters. The number of halogens is 1. The van der Waals surface area contributed by atoms with E-state index in [2.05, 4.69) is 9.71 Å². The number of sulfonamides is 1. The molecule has 6 heteroatoms. The Hall–Kier alpha value is -1.59. The number of nitrogens with one attached hydrogen (secondary N) is 1. The van der Waals surface area contributed by atoms with Gasteiger partial charge in [-0.15, -0.1) is 0 Å². The monoisotopic (exact) mass is 310 g/mol. The van der Waals surface area contributed by atoms with Crippen molar-refractivity contribution in [3.63, 3.8) is 0 Å². The van der Waals surface area contributed by atoms with Gasteiger partial charge in [-0.3, -0.25) is 4.72 Å². The van der Waals surface area contributed by atoms with E-state index in [0.717, 1.165) is 17.5 Å². The van der Waals surface area contributed by atoms with E-state index in [0.29, 0.717) is 5.69 Å². The molecule has 2 rings (SSSR count). The third-order valence-corrected chi connectivity index (χ3v) is 4.79. The van der Waals surface area contributed by atoms with E-state index in [1.807, 2.05) is 32.0 Å². The second kappa shape index (κ2) is 5.81. The molecule has 0 amide bonds. The molecule has 0 aliphatic rings. The topological polar surface area (TPSA) is 59.1 Å². The lowest BCUT2D eigenvalue weighted by Gasteiger charge is -2.14. The van der Waals surface area contributed by atoms with Gasteiger partial charge in [-0.05, 0) is 36.6 Å². The van der Waals surface area contributed by atoms with E-state index < -0.39 is 10.0 Å². The quantitative estimate of drug-likeness (QED) is 0.880. The van der Waals surface area contributed by atoms with Crippen molar-refractivity contribution in [3.8, 4) is 0 Å². The first-order valence-electron chi connectivity index (χ1n) is 6.17. The highest BCUT2D eigenvalue weighted by Gasteiger charge is 2.20. The van der Waals surface area contributed by atoms with Crippen molar-refractivity contribution in [2.75, 3.05) is 4.72 Å². The van der Waals surface area contributed by atoms with Crippen LogP contribution in [0.25, 0.3) is 0 Å². The van der Waals surface area contributed by atoms with Crippen LogP contribution in [0.4, 0.5) is 5.69 Å². The van der Waals surface area contributed by atoms with E-state index >= 15 is 0 Å². The minimum absolute atomic E-state index is 0.0213. The van der Waals surface area contributed by atoms with Gasteiger partial charge in [0.1, 0.15) is 10.0 Å². The predicted molar refractivity (Wildman–Crippen MR) is 80.6 cm³/mol. The minimum Gasteiger partial charge on any atom is -0.279 e. The van der Waals surface area contributed by atoms with Crippen LogP contribution in [0.15, 0.2) is 41.4 Å². The maximum atomic E-state index is 12.4. The molecule has 0 spiro atoms. The molecule has 0 bridgehead atoms. The van der Waals surface area contributed by atoms with Gasteiger partial charge in [-0.1, -0.05) is 36.7 Å². The summed E-state index contributed by atoms with van der Waals surface area (Å²) in [5.74, 6) is 0. The summed E-state index contributed by atoms with van der Waals surface area (Å²) in [6, 6.07) is 8.64. The van der Waals surface area contributed by atoms with Gasteiger partial charge >= 0.3 is 0 Å². The van der Waals surface area contributed by atoms with Crippen LogP contribution < -0.4 is 4.72 Å². The highest BCUT2D eigenvalue weighted by atomic mass is 35.5. The summed E-state index contributed by atoms with van der Waals surface area (Å²) in [5.41, 5.74) is 2.41. The number of nitrogens with zero attached hydrogens (tertiary/aromatic N) is 1. The van der Waals surface area contributed by atoms with Gasteiger partial charge in [0.15, 0.2) is 0 Å². The van der Waals surface area contributed by atoms with Gasteiger partial charge < -0.3 is 0 Å². The number of anilines is 1. The number of para-hydroxylation sites is 1. The Morgan fingerprint density at radius 1 is 1.25 bits per heavy atom. The van der Waals surface area contributed by atoms with Crippen molar-refractivity contribution in [3.05, 3.63) is 52.8 Å². The van der Waals surface area contributed by atoms with Crippen LogP contribution in [0.5, 0.6) is 0 Å². The SMILES string of the molecule is CCc1cccc(C)c1NS(=O)(=O)c1cccnc1Cl. The van der Waals surface area contributed by atoms with Crippen LogP contribution in [0.3, 0.4) is 0 Å². The van der Waals surface area contributed by atoms with Crippen LogP contribution in [-0.2, 0) is 16.4 Å². The lowest BCUT2D eigenvalue weighted by molar-refractivity contribution is 0.600. The third-order valence-electron chi connectivity index (χ3n) is 2.99. The van der Waals surface area contributed by atoms with Gasteiger partial charge in [0, 0.05) is 6.20 Å². The second-order valence-electron chi connectivity index (χ2n) is 4.36. The maximum absolute atomic E-state index is 12.4.